The lowest BCUT2D eigenvalue weighted by Crippen LogP contribution is -2.42. The maximum absolute atomic E-state index is 2.47. The van der Waals surface area contributed by atoms with Gasteiger partial charge in [0, 0.05) is 11.8 Å². The molecule has 3 aromatic rings. The molecule has 32 heavy (non-hydrogen) atoms. The van der Waals surface area contributed by atoms with Crippen LogP contribution in [0, 0.1) is 17.8 Å². The molecule has 2 aliphatic carbocycles. The summed E-state index contributed by atoms with van der Waals surface area (Å²) in [4.78, 5) is 2.78. The highest BCUT2D eigenvalue weighted by atomic mass is 32.2. The third kappa shape index (κ3) is 6.75. The van der Waals surface area contributed by atoms with Gasteiger partial charge in [0.05, 0.1) is 0 Å². The summed E-state index contributed by atoms with van der Waals surface area (Å²) >= 11 is 1.32. The van der Waals surface area contributed by atoms with E-state index in [0.29, 0.717) is 5.41 Å². The predicted octanol–water partition coefficient (Wildman–Crippen LogP) is 8.74. The first kappa shape index (κ1) is 24.6. The molecule has 0 saturated heterocycles. The summed E-state index contributed by atoms with van der Waals surface area (Å²) in [5.41, 5.74) is 2.07. The minimum absolute atomic E-state index is 0.460. The van der Waals surface area contributed by atoms with Crippen molar-refractivity contribution in [2.45, 2.75) is 75.0 Å². The smallest absolute Gasteiger partial charge is 0.0683 e. The highest BCUT2D eigenvalue weighted by molar-refractivity contribution is 7.78. The monoisotopic (exact) mass is 445 g/mol. The maximum atomic E-state index is 2.47. The van der Waals surface area contributed by atoms with Crippen LogP contribution >= 0.6 is 0 Å². The van der Waals surface area contributed by atoms with Crippen LogP contribution in [0.3, 0.4) is 0 Å². The predicted molar refractivity (Wildman–Crippen MR) is 143 cm³/mol. The minimum atomic E-state index is 0.460. The van der Waals surface area contributed by atoms with Crippen LogP contribution in [0.4, 0.5) is 0 Å². The van der Waals surface area contributed by atoms with Crippen molar-refractivity contribution in [3.05, 3.63) is 96.6 Å². The first-order valence-corrected chi connectivity index (χ1v) is 13.4. The van der Waals surface area contributed by atoms with E-state index in [4.69, 9.17) is 0 Å². The quantitative estimate of drug-likeness (QED) is 0.279. The number of fused-ring (bicyclic) bond motifs is 2. The average molecular weight is 446 g/mol. The topological polar surface area (TPSA) is 0 Å². The summed E-state index contributed by atoms with van der Waals surface area (Å²) in [5.74, 6) is 2.73. The molecule has 0 aliphatic heterocycles. The molecule has 0 amide bonds. The molecule has 2 aliphatic rings. The van der Waals surface area contributed by atoms with E-state index in [1.54, 1.807) is 5.56 Å². The molecular formula is C31H41S+. The van der Waals surface area contributed by atoms with Crippen molar-refractivity contribution < 1.29 is 0 Å². The molecule has 3 aromatic carbocycles. The molecule has 1 heteroatoms. The minimum Gasteiger partial charge on any atom is -0.0683 e. The van der Waals surface area contributed by atoms with Gasteiger partial charge < -0.3 is 0 Å². The number of thiol groups is 1. The molecule has 0 N–H and O–H groups in total. The number of hydrogen-bond donors (Lipinski definition) is 0. The Bertz CT molecular complexity index is 839. The van der Waals surface area contributed by atoms with E-state index in [1.807, 2.05) is 50.2 Å². The molecule has 0 aromatic heterocycles. The van der Waals surface area contributed by atoms with E-state index >= 15 is 0 Å². The van der Waals surface area contributed by atoms with Crippen LogP contribution in [0.15, 0.2) is 101 Å². The number of rotatable bonds is 3. The zero-order chi connectivity index (χ0) is 22.8. The highest BCUT2D eigenvalue weighted by Gasteiger charge is 2.45. The lowest BCUT2D eigenvalue weighted by atomic mass is 9.54. The van der Waals surface area contributed by atoms with Crippen molar-refractivity contribution in [2.75, 3.05) is 0 Å². The Kier molecular flexibility index (Phi) is 9.48. The van der Waals surface area contributed by atoms with Crippen molar-refractivity contribution >= 4 is 11.8 Å². The van der Waals surface area contributed by atoms with Crippen molar-refractivity contribution in [3.8, 4) is 0 Å². The Hall–Kier alpha value is -1.99. The van der Waals surface area contributed by atoms with E-state index in [9.17, 15) is 0 Å². The molecule has 5 rings (SSSR count). The van der Waals surface area contributed by atoms with E-state index < -0.39 is 0 Å². The van der Waals surface area contributed by atoms with Gasteiger partial charge in [0.15, 0.2) is 9.79 Å². The van der Waals surface area contributed by atoms with Gasteiger partial charge in [-0.25, -0.2) is 0 Å². The van der Waals surface area contributed by atoms with Crippen LogP contribution in [0.25, 0.3) is 0 Å². The normalized spacial score (nSPS) is 26.1. The summed E-state index contributed by atoms with van der Waals surface area (Å²) < 4.78 is 0. The van der Waals surface area contributed by atoms with E-state index in [-0.39, 0.29) is 0 Å². The second-order valence-corrected chi connectivity index (χ2v) is 10.8. The lowest BCUT2D eigenvalue weighted by molar-refractivity contribution is 0.0780. The number of hydrogen-bond acceptors (Lipinski definition) is 0. The van der Waals surface area contributed by atoms with Gasteiger partial charge in [0.25, 0.3) is 0 Å². The van der Waals surface area contributed by atoms with Crippen LogP contribution in [0.5, 0.6) is 0 Å². The Morgan fingerprint density at radius 1 is 0.594 bits per heavy atom. The van der Waals surface area contributed by atoms with Crippen molar-refractivity contribution in [1.82, 2.24) is 0 Å². The summed E-state index contributed by atoms with van der Waals surface area (Å²) in [6.07, 6.45) is 7.12. The molecule has 2 unspecified atom stereocenters. The third-order valence-corrected chi connectivity index (χ3v) is 7.90. The molecule has 0 nitrogen and oxygen atoms in total. The van der Waals surface area contributed by atoms with E-state index in [1.165, 1.54) is 53.7 Å². The van der Waals surface area contributed by atoms with Gasteiger partial charge in [-0.3, -0.25) is 0 Å². The molecule has 0 spiro atoms. The maximum Gasteiger partial charge on any atom is 0.158 e. The van der Waals surface area contributed by atoms with Gasteiger partial charge >= 0.3 is 0 Å². The molecule has 2 fully saturated rings. The SMILES string of the molecule is CC.CC1CC2CC(C)CC(c3ccc([SH+]c4ccccc4)cc3)(C1)C2.c1ccccc1. The Balaban J connectivity index is 0.000000309. The van der Waals surface area contributed by atoms with Gasteiger partial charge in [-0.05, 0) is 85.1 Å². The van der Waals surface area contributed by atoms with Crippen LogP contribution in [-0.2, 0) is 17.2 Å². The standard InChI is InChI=1S/C23H28S.C6H6.C2H6/c1-17-12-19-13-18(2)15-23(14-17,16-19)20-8-10-22(11-9-20)24-21-6-4-3-5-7-21;1-2-4-6-5-3-1;1-2/h3-11,17-19H,12-16H2,1-2H3;1-6H;1-2H3/p+1. The first-order valence-electron chi connectivity index (χ1n) is 12.5. The van der Waals surface area contributed by atoms with Crippen LogP contribution in [0.2, 0.25) is 0 Å². The summed E-state index contributed by atoms with van der Waals surface area (Å²) in [6.45, 7) is 8.94. The first-order chi connectivity index (χ1) is 15.6. The second kappa shape index (κ2) is 12.3. The van der Waals surface area contributed by atoms with Crippen molar-refractivity contribution in [2.24, 2.45) is 17.8 Å². The number of benzene rings is 3. The summed E-state index contributed by atoms with van der Waals surface area (Å²) in [5, 5.41) is 0. The molecule has 2 bridgehead atoms. The highest BCUT2D eigenvalue weighted by Crippen LogP contribution is 2.53. The molecular weight excluding hydrogens is 404 g/mol. The van der Waals surface area contributed by atoms with Crippen molar-refractivity contribution in [1.29, 1.82) is 0 Å². The van der Waals surface area contributed by atoms with Gasteiger partial charge in [-0.1, -0.05) is 94.4 Å². The second-order valence-electron chi connectivity index (χ2n) is 9.59. The zero-order valence-corrected chi connectivity index (χ0v) is 21.3. The zero-order valence-electron chi connectivity index (χ0n) is 20.4. The fourth-order valence-corrected chi connectivity index (χ4v) is 6.90. The summed E-state index contributed by atoms with van der Waals surface area (Å²) in [7, 11) is 0. The van der Waals surface area contributed by atoms with Gasteiger partial charge in [-0.2, -0.15) is 0 Å². The van der Waals surface area contributed by atoms with Crippen LogP contribution < -0.4 is 0 Å². The fourth-order valence-electron chi connectivity index (χ4n) is 5.98. The summed E-state index contributed by atoms with van der Waals surface area (Å²) in [6, 6.07) is 32.4. The van der Waals surface area contributed by atoms with E-state index in [0.717, 1.165) is 17.8 Å². The largest absolute Gasteiger partial charge is 0.158 e. The molecule has 2 saturated carbocycles. The lowest BCUT2D eigenvalue weighted by Gasteiger charge is -2.50. The van der Waals surface area contributed by atoms with E-state index in [2.05, 4.69) is 68.4 Å². The molecule has 170 valence electrons. The molecule has 0 heterocycles. The Labute approximate surface area is 200 Å². The van der Waals surface area contributed by atoms with Crippen LogP contribution in [0.1, 0.15) is 65.4 Å². The fraction of sp³-hybridized carbons (Fsp3) is 0.419. The third-order valence-electron chi connectivity index (χ3n) is 6.79. The van der Waals surface area contributed by atoms with Gasteiger partial charge in [-0.15, -0.1) is 0 Å². The Morgan fingerprint density at radius 2 is 1.03 bits per heavy atom. The average Bonchev–Trinajstić information content (AvgIpc) is 2.82. The van der Waals surface area contributed by atoms with Crippen LogP contribution in [-0.4, -0.2) is 0 Å². The Morgan fingerprint density at radius 3 is 1.53 bits per heavy atom. The molecule has 2 atom stereocenters. The van der Waals surface area contributed by atoms with Gasteiger partial charge in [0.2, 0.25) is 0 Å². The van der Waals surface area contributed by atoms with Gasteiger partial charge in [0.1, 0.15) is 0 Å². The molecule has 0 radical (unpaired) electrons. The van der Waals surface area contributed by atoms with Crippen molar-refractivity contribution in [3.63, 3.8) is 0 Å².